The van der Waals surface area contributed by atoms with Gasteiger partial charge in [-0.2, -0.15) is 0 Å². The van der Waals surface area contributed by atoms with Gasteiger partial charge in [-0.05, 0) is 18.8 Å². The molecule has 0 aromatic rings. The molecule has 0 radical (unpaired) electrons. The van der Waals surface area contributed by atoms with E-state index in [1.54, 1.807) is 0 Å². The Kier molecular flexibility index (Phi) is 3.93. The molecule has 0 saturated carbocycles. The van der Waals surface area contributed by atoms with E-state index in [0.717, 1.165) is 19.5 Å². The molecule has 2 atom stereocenters. The molecule has 1 aliphatic rings. The van der Waals surface area contributed by atoms with Crippen LogP contribution in [0.2, 0.25) is 0 Å². The second-order valence-corrected chi connectivity index (χ2v) is 5.63. The number of hydrogen-bond donors (Lipinski definition) is 0. The minimum absolute atomic E-state index is 0.230. The van der Waals surface area contributed by atoms with Crippen LogP contribution in [0.5, 0.6) is 0 Å². The summed E-state index contributed by atoms with van der Waals surface area (Å²) >= 11 is 0. The highest BCUT2D eigenvalue weighted by Gasteiger charge is 2.33. The number of Topliss-reactive ketones (excluding diaryl/α,β-unsaturated/α-hetero) is 1. The Bertz CT molecular complexity index is 235. The number of likely N-dealkylation sites (tertiary alicyclic amines) is 1. The predicted molar refractivity (Wildman–Crippen MR) is 63.9 cm³/mol. The molecule has 0 spiro atoms. The van der Waals surface area contributed by atoms with Crippen LogP contribution in [-0.2, 0) is 4.79 Å². The second kappa shape index (κ2) is 4.65. The van der Waals surface area contributed by atoms with Crippen LogP contribution in [0.15, 0.2) is 0 Å². The molecule has 2 nitrogen and oxygen atoms in total. The van der Waals surface area contributed by atoms with Crippen molar-refractivity contribution in [1.82, 2.24) is 4.90 Å². The Balaban J connectivity index is 2.62. The van der Waals surface area contributed by atoms with Crippen molar-refractivity contribution in [2.45, 2.75) is 53.5 Å². The molecule has 0 aromatic carbocycles. The summed E-state index contributed by atoms with van der Waals surface area (Å²) in [6, 6.07) is 0.568. The fourth-order valence-electron chi connectivity index (χ4n) is 2.19. The molecule has 2 unspecified atom stereocenters. The maximum Gasteiger partial charge on any atom is 0.138 e. The van der Waals surface area contributed by atoms with Crippen molar-refractivity contribution in [3.05, 3.63) is 0 Å². The third-order valence-corrected chi connectivity index (χ3v) is 4.29. The van der Waals surface area contributed by atoms with Gasteiger partial charge in [0.25, 0.3) is 0 Å². The highest BCUT2D eigenvalue weighted by atomic mass is 16.1. The smallest absolute Gasteiger partial charge is 0.138 e. The van der Waals surface area contributed by atoms with Crippen LogP contribution in [0.1, 0.15) is 47.5 Å². The molecule has 1 aliphatic heterocycles. The maximum atomic E-state index is 11.5. The predicted octanol–water partition coefficient (Wildman–Crippen LogP) is 2.72. The highest BCUT2D eigenvalue weighted by Crippen LogP contribution is 2.30. The van der Waals surface area contributed by atoms with Gasteiger partial charge >= 0.3 is 0 Å². The van der Waals surface area contributed by atoms with Crippen LogP contribution in [0.4, 0.5) is 0 Å². The SMILES string of the molecule is CCC(C)(C)C(C)N1CCC(=O)C(C)C1. The number of ketones is 1. The zero-order chi connectivity index (χ0) is 11.6. The fraction of sp³-hybridized carbons (Fsp3) is 0.923. The van der Waals surface area contributed by atoms with Gasteiger partial charge in [-0.15, -0.1) is 0 Å². The normalized spacial score (nSPS) is 26.7. The first-order chi connectivity index (χ1) is 6.88. The molecule has 88 valence electrons. The lowest BCUT2D eigenvalue weighted by molar-refractivity contribution is -0.126. The summed E-state index contributed by atoms with van der Waals surface area (Å²) in [7, 11) is 0. The van der Waals surface area contributed by atoms with Gasteiger partial charge in [-0.25, -0.2) is 0 Å². The summed E-state index contributed by atoms with van der Waals surface area (Å²) in [6.45, 7) is 13.1. The van der Waals surface area contributed by atoms with E-state index in [9.17, 15) is 4.79 Å². The molecule has 15 heavy (non-hydrogen) atoms. The Morgan fingerprint density at radius 2 is 2.13 bits per heavy atom. The summed E-state index contributed by atoms with van der Waals surface area (Å²) in [4.78, 5) is 13.9. The quantitative estimate of drug-likeness (QED) is 0.715. The molecule has 1 heterocycles. The third kappa shape index (κ3) is 2.81. The topological polar surface area (TPSA) is 20.3 Å². The third-order valence-electron chi connectivity index (χ3n) is 4.29. The van der Waals surface area contributed by atoms with Crippen LogP contribution in [0.25, 0.3) is 0 Å². The highest BCUT2D eigenvalue weighted by molar-refractivity contribution is 5.81. The number of piperidine rings is 1. The van der Waals surface area contributed by atoms with Crippen molar-refractivity contribution in [3.63, 3.8) is 0 Å². The van der Waals surface area contributed by atoms with Crippen molar-refractivity contribution in [3.8, 4) is 0 Å². The molecule has 1 rings (SSSR count). The van der Waals surface area contributed by atoms with Gasteiger partial charge in [0.1, 0.15) is 5.78 Å². The van der Waals surface area contributed by atoms with Crippen molar-refractivity contribution < 1.29 is 4.79 Å². The van der Waals surface area contributed by atoms with Crippen molar-refractivity contribution in [1.29, 1.82) is 0 Å². The van der Waals surface area contributed by atoms with E-state index < -0.39 is 0 Å². The molecule has 1 fully saturated rings. The molecule has 2 heteroatoms. The van der Waals surface area contributed by atoms with E-state index in [1.807, 2.05) is 0 Å². The van der Waals surface area contributed by atoms with Gasteiger partial charge in [0.05, 0.1) is 0 Å². The van der Waals surface area contributed by atoms with E-state index in [-0.39, 0.29) is 5.92 Å². The van der Waals surface area contributed by atoms with Gasteiger partial charge in [0.2, 0.25) is 0 Å². The molecular weight excluding hydrogens is 186 g/mol. The largest absolute Gasteiger partial charge is 0.299 e. The average molecular weight is 211 g/mol. The lowest BCUT2D eigenvalue weighted by atomic mass is 9.80. The molecule has 0 aromatic heterocycles. The van der Waals surface area contributed by atoms with Gasteiger partial charge in [0, 0.05) is 31.5 Å². The van der Waals surface area contributed by atoms with Crippen LogP contribution in [0.3, 0.4) is 0 Å². The number of nitrogens with zero attached hydrogens (tertiary/aromatic N) is 1. The Labute approximate surface area is 94.0 Å². The van der Waals surface area contributed by atoms with E-state index in [2.05, 4.69) is 39.5 Å². The summed E-state index contributed by atoms with van der Waals surface area (Å²) < 4.78 is 0. The van der Waals surface area contributed by atoms with E-state index in [4.69, 9.17) is 0 Å². The first-order valence-electron chi connectivity index (χ1n) is 6.15. The average Bonchev–Trinajstić information content (AvgIpc) is 2.21. The van der Waals surface area contributed by atoms with Gasteiger partial charge in [-0.1, -0.05) is 27.7 Å². The number of hydrogen-bond acceptors (Lipinski definition) is 2. The van der Waals surface area contributed by atoms with E-state index in [1.165, 1.54) is 6.42 Å². The monoisotopic (exact) mass is 211 g/mol. The van der Waals surface area contributed by atoms with Crippen LogP contribution >= 0.6 is 0 Å². The number of carbonyl (C=O) groups is 1. The Morgan fingerprint density at radius 1 is 1.53 bits per heavy atom. The summed E-state index contributed by atoms with van der Waals surface area (Å²) in [6.07, 6.45) is 1.93. The van der Waals surface area contributed by atoms with Gasteiger partial charge < -0.3 is 0 Å². The second-order valence-electron chi connectivity index (χ2n) is 5.63. The zero-order valence-electron chi connectivity index (χ0n) is 10.8. The molecular formula is C13H25NO. The van der Waals surface area contributed by atoms with E-state index in [0.29, 0.717) is 17.2 Å². The standard InChI is InChI=1S/C13H25NO/c1-6-13(4,5)11(3)14-8-7-12(15)10(2)9-14/h10-11H,6-9H2,1-5H3. The molecule has 0 bridgehead atoms. The summed E-state index contributed by atoms with van der Waals surface area (Å²) in [5.41, 5.74) is 0.347. The minimum atomic E-state index is 0.230. The van der Waals surface area contributed by atoms with Crippen molar-refractivity contribution in [2.75, 3.05) is 13.1 Å². The minimum Gasteiger partial charge on any atom is -0.299 e. The van der Waals surface area contributed by atoms with Crippen LogP contribution < -0.4 is 0 Å². The first kappa shape index (κ1) is 12.7. The summed E-state index contributed by atoms with van der Waals surface area (Å²) in [5.74, 6) is 0.668. The van der Waals surface area contributed by atoms with Crippen LogP contribution in [-0.4, -0.2) is 29.8 Å². The Hall–Kier alpha value is -0.370. The van der Waals surface area contributed by atoms with Gasteiger partial charge in [0.15, 0.2) is 0 Å². The molecule has 1 saturated heterocycles. The van der Waals surface area contributed by atoms with E-state index >= 15 is 0 Å². The Morgan fingerprint density at radius 3 is 2.60 bits per heavy atom. The fourth-order valence-corrected chi connectivity index (χ4v) is 2.19. The molecule has 0 N–H and O–H groups in total. The molecule has 0 aliphatic carbocycles. The molecule has 0 amide bonds. The van der Waals surface area contributed by atoms with Crippen LogP contribution in [0, 0.1) is 11.3 Å². The number of rotatable bonds is 3. The lowest BCUT2D eigenvalue weighted by Crippen LogP contribution is -2.49. The number of carbonyl (C=O) groups excluding carboxylic acids is 1. The lowest BCUT2D eigenvalue weighted by Gasteiger charge is -2.42. The van der Waals surface area contributed by atoms with Crippen molar-refractivity contribution in [2.24, 2.45) is 11.3 Å². The van der Waals surface area contributed by atoms with Crippen molar-refractivity contribution >= 4 is 5.78 Å². The summed E-state index contributed by atoms with van der Waals surface area (Å²) in [5, 5.41) is 0. The van der Waals surface area contributed by atoms with Gasteiger partial charge in [-0.3, -0.25) is 9.69 Å². The maximum absolute atomic E-state index is 11.5. The zero-order valence-corrected chi connectivity index (χ0v) is 10.8. The first-order valence-corrected chi connectivity index (χ1v) is 6.15.